The lowest BCUT2D eigenvalue weighted by atomic mass is 10.0. The zero-order valence-corrected chi connectivity index (χ0v) is 19.6. The van der Waals surface area contributed by atoms with Crippen molar-refractivity contribution < 1.29 is 4.42 Å². The third-order valence-electron chi connectivity index (χ3n) is 4.27. The summed E-state index contributed by atoms with van der Waals surface area (Å²) in [6, 6.07) is 16.8. The maximum Gasteiger partial charge on any atom is 0.134 e. The van der Waals surface area contributed by atoms with Gasteiger partial charge < -0.3 is 4.42 Å². The van der Waals surface area contributed by atoms with Crippen LogP contribution in [0.25, 0.3) is 21.1 Å². The molecule has 0 bridgehead atoms. The van der Waals surface area contributed by atoms with Gasteiger partial charge in [0.25, 0.3) is 0 Å². The van der Waals surface area contributed by atoms with E-state index >= 15 is 0 Å². The molecule has 0 N–H and O–H groups in total. The molecular weight excluding hydrogens is 372 g/mol. The van der Waals surface area contributed by atoms with Crippen LogP contribution in [-0.4, -0.2) is 0 Å². The first-order valence-electron chi connectivity index (χ1n) is 10.5. The molecule has 0 fully saturated rings. The van der Waals surface area contributed by atoms with E-state index in [1.165, 1.54) is 26.6 Å². The van der Waals surface area contributed by atoms with Crippen LogP contribution in [0.2, 0.25) is 0 Å². The number of thiophene rings is 1. The normalized spacial score (nSPS) is 9.72. The highest BCUT2D eigenvalue weighted by molar-refractivity contribution is 7.17. The Morgan fingerprint density at radius 2 is 1.21 bits per heavy atom. The number of hydrogen-bond donors (Lipinski definition) is 0. The molecular formula is C27H40OS. The highest BCUT2D eigenvalue weighted by Gasteiger charge is 2.07. The topological polar surface area (TPSA) is 13.1 Å². The number of rotatable bonds is 2. The molecule has 0 saturated carbocycles. The van der Waals surface area contributed by atoms with E-state index in [0.29, 0.717) is 11.8 Å². The molecule has 0 amide bonds. The van der Waals surface area contributed by atoms with E-state index < -0.39 is 0 Å². The zero-order chi connectivity index (χ0) is 21.1. The van der Waals surface area contributed by atoms with Crippen molar-refractivity contribution >= 4 is 32.4 Å². The van der Waals surface area contributed by atoms with E-state index in [-0.39, 0.29) is 7.43 Å². The molecule has 4 rings (SSSR count). The van der Waals surface area contributed by atoms with Gasteiger partial charge in [-0.15, -0.1) is 11.3 Å². The van der Waals surface area contributed by atoms with Gasteiger partial charge in [-0.25, -0.2) is 0 Å². The quantitative estimate of drug-likeness (QED) is 0.319. The van der Waals surface area contributed by atoms with Gasteiger partial charge in [0.05, 0.1) is 6.26 Å². The van der Waals surface area contributed by atoms with Crippen LogP contribution in [0.1, 0.15) is 85.8 Å². The van der Waals surface area contributed by atoms with Gasteiger partial charge in [-0.05, 0) is 40.3 Å². The van der Waals surface area contributed by atoms with Gasteiger partial charge in [-0.1, -0.05) is 99.2 Å². The molecule has 0 saturated heterocycles. The summed E-state index contributed by atoms with van der Waals surface area (Å²) in [4.78, 5) is 0. The molecule has 0 aliphatic carbocycles. The summed E-state index contributed by atoms with van der Waals surface area (Å²) in [5.41, 5.74) is 3.77. The van der Waals surface area contributed by atoms with Crippen LogP contribution >= 0.6 is 11.3 Å². The summed E-state index contributed by atoms with van der Waals surface area (Å²) in [7, 11) is 0. The Bertz CT molecular complexity index is 850. The van der Waals surface area contributed by atoms with E-state index in [0.717, 1.165) is 5.58 Å². The molecule has 0 spiro atoms. The average molecular weight is 413 g/mol. The summed E-state index contributed by atoms with van der Waals surface area (Å²) >= 11 is 1.84. The Morgan fingerprint density at radius 3 is 1.79 bits per heavy atom. The Morgan fingerprint density at radius 1 is 0.690 bits per heavy atom. The van der Waals surface area contributed by atoms with E-state index in [1.807, 2.05) is 63.5 Å². The van der Waals surface area contributed by atoms with Crippen LogP contribution in [-0.2, 0) is 0 Å². The van der Waals surface area contributed by atoms with E-state index in [4.69, 9.17) is 4.42 Å². The summed E-state index contributed by atoms with van der Waals surface area (Å²) in [6.07, 6.45) is 1.86. The Labute approximate surface area is 182 Å². The van der Waals surface area contributed by atoms with E-state index in [2.05, 4.69) is 63.4 Å². The standard InChI is InChI=1S/C11H12O.C11H12S.2C2H6.CH4/c2*1-8(2)10-7-12-11-6-4-3-5-9(10)11;2*1-2;/h2*3-8H,1-2H3;2*1-2H3;1H4. The minimum absolute atomic E-state index is 0. The molecule has 1 nitrogen and oxygen atoms in total. The van der Waals surface area contributed by atoms with E-state index in [1.54, 1.807) is 0 Å². The third-order valence-corrected chi connectivity index (χ3v) is 5.25. The molecule has 29 heavy (non-hydrogen) atoms. The van der Waals surface area contributed by atoms with Gasteiger partial charge in [-0.2, -0.15) is 0 Å². The highest BCUT2D eigenvalue weighted by Crippen LogP contribution is 2.30. The van der Waals surface area contributed by atoms with Crippen molar-refractivity contribution in [3.8, 4) is 0 Å². The van der Waals surface area contributed by atoms with Crippen LogP contribution < -0.4 is 0 Å². The van der Waals surface area contributed by atoms with Gasteiger partial charge in [0.15, 0.2) is 0 Å². The van der Waals surface area contributed by atoms with Crippen LogP contribution in [0, 0.1) is 0 Å². The molecule has 160 valence electrons. The number of para-hydroxylation sites is 1. The minimum Gasteiger partial charge on any atom is -0.464 e. The predicted octanol–water partition coefficient (Wildman–Crippen LogP) is 10.3. The van der Waals surface area contributed by atoms with Crippen molar-refractivity contribution in [3.63, 3.8) is 0 Å². The summed E-state index contributed by atoms with van der Waals surface area (Å²) in [6.45, 7) is 16.8. The van der Waals surface area contributed by atoms with Crippen LogP contribution in [0.3, 0.4) is 0 Å². The fourth-order valence-electron chi connectivity index (χ4n) is 2.89. The second-order valence-electron chi connectivity index (χ2n) is 6.68. The molecule has 2 heterocycles. The van der Waals surface area contributed by atoms with Crippen molar-refractivity contribution in [2.45, 2.75) is 74.7 Å². The van der Waals surface area contributed by atoms with Gasteiger partial charge in [-0.3, -0.25) is 0 Å². The molecule has 2 heteroatoms. The molecule has 2 aromatic carbocycles. The first kappa shape index (κ1) is 26.9. The molecule has 0 aliphatic rings. The molecule has 4 aromatic rings. The molecule has 0 atom stereocenters. The van der Waals surface area contributed by atoms with Gasteiger partial charge >= 0.3 is 0 Å². The van der Waals surface area contributed by atoms with E-state index in [9.17, 15) is 0 Å². The van der Waals surface area contributed by atoms with Crippen LogP contribution in [0.5, 0.6) is 0 Å². The fraction of sp³-hybridized carbons (Fsp3) is 0.407. The van der Waals surface area contributed by atoms with Crippen molar-refractivity contribution in [1.82, 2.24) is 0 Å². The van der Waals surface area contributed by atoms with Crippen molar-refractivity contribution in [3.05, 3.63) is 71.3 Å². The van der Waals surface area contributed by atoms with Crippen molar-refractivity contribution in [2.75, 3.05) is 0 Å². The number of hydrogen-bond acceptors (Lipinski definition) is 2. The highest BCUT2D eigenvalue weighted by atomic mass is 32.1. The predicted molar refractivity (Wildman–Crippen MR) is 136 cm³/mol. The summed E-state index contributed by atoms with van der Waals surface area (Å²) in [5.74, 6) is 1.18. The second kappa shape index (κ2) is 14.0. The second-order valence-corrected chi connectivity index (χ2v) is 7.60. The van der Waals surface area contributed by atoms with Crippen LogP contribution in [0.15, 0.2) is 64.6 Å². The smallest absolute Gasteiger partial charge is 0.134 e. The molecule has 0 aliphatic heterocycles. The number of benzene rings is 2. The minimum atomic E-state index is 0. The summed E-state index contributed by atoms with van der Waals surface area (Å²) < 4.78 is 6.81. The first-order valence-corrected chi connectivity index (χ1v) is 11.4. The monoisotopic (exact) mass is 412 g/mol. The largest absolute Gasteiger partial charge is 0.464 e. The lowest BCUT2D eigenvalue weighted by Crippen LogP contribution is -1.82. The SMILES string of the molecule is C.CC.CC.CC(C)c1coc2ccccc12.CC(C)c1csc2ccccc12. The average Bonchev–Trinajstić information content (AvgIpc) is 3.36. The Balaban J connectivity index is 0.000000449. The number of furan rings is 1. The van der Waals surface area contributed by atoms with Gasteiger partial charge in [0.1, 0.15) is 5.58 Å². The lowest BCUT2D eigenvalue weighted by Gasteiger charge is -2.01. The zero-order valence-electron chi connectivity index (χ0n) is 18.7. The molecule has 0 unspecified atom stereocenters. The fourth-order valence-corrected chi connectivity index (χ4v) is 4.01. The third kappa shape index (κ3) is 7.04. The first-order chi connectivity index (χ1) is 13.6. The Hall–Kier alpha value is -2.06. The maximum absolute atomic E-state index is 5.41. The summed E-state index contributed by atoms with van der Waals surface area (Å²) in [5, 5.41) is 4.94. The molecule has 2 aromatic heterocycles. The van der Waals surface area contributed by atoms with Gasteiger partial charge in [0.2, 0.25) is 0 Å². The van der Waals surface area contributed by atoms with Crippen molar-refractivity contribution in [1.29, 1.82) is 0 Å². The lowest BCUT2D eigenvalue weighted by molar-refractivity contribution is 0.606. The maximum atomic E-state index is 5.41. The van der Waals surface area contributed by atoms with Gasteiger partial charge in [0, 0.05) is 15.6 Å². The Kier molecular flexibility index (Phi) is 13.0. The van der Waals surface area contributed by atoms with Crippen molar-refractivity contribution in [2.24, 2.45) is 0 Å². The number of fused-ring (bicyclic) bond motifs is 2. The molecule has 0 radical (unpaired) electrons. The van der Waals surface area contributed by atoms with Crippen LogP contribution in [0.4, 0.5) is 0 Å².